The molecule has 1 aliphatic heterocycles. The number of rotatable bonds is 3. The average molecular weight is 228 g/mol. The number of carbonyl (C=O) groups is 1. The van der Waals surface area contributed by atoms with Crippen molar-refractivity contribution in [2.75, 3.05) is 13.7 Å². The topological polar surface area (TPSA) is 44.8 Å². The van der Waals surface area contributed by atoms with Crippen LogP contribution in [0.25, 0.3) is 0 Å². The summed E-state index contributed by atoms with van der Waals surface area (Å²) in [5, 5.41) is 0. The third kappa shape index (κ3) is 2.55. The largest absolute Gasteiger partial charge is 0.469 e. The molecule has 1 atom stereocenters. The van der Waals surface area contributed by atoms with E-state index in [1.54, 1.807) is 0 Å². The van der Waals surface area contributed by atoms with Crippen molar-refractivity contribution in [2.24, 2.45) is 5.92 Å². The van der Waals surface area contributed by atoms with Crippen LogP contribution in [-0.2, 0) is 19.0 Å². The monoisotopic (exact) mass is 228 g/mol. The quantitative estimate of drug-likeness (QED) is 0.692. The maximum atomic E-state index is 11.3. The van der Waals surface area contributed by atoms with Crippen molar-refractivity contribution >= 4 is 5.97 Å². The van der Waals surface area contributed by atoms with E-state index >= 15 is 0 Å². The molecule has 0 bridgehead atoms. The Morgan fingerprint density at radius 3 is 2.69 bits per heavy atom. The minimum absolute atomic E-state index is 0.0126. The molecule has 0 N–H and O–H groups in total. The Morgan fingerprint density at radius 1 is 1.38 bits per heavy atom. The smallest absolute Gasteiger partial charge is 0.308 e. The first-order valence-electron chi connectivity index (χ1n) is 6.00. The van der Waals surface area contributed by atoms with Gasteiger partial charge in [0.15, 0.2) is 6.29 Å². The molecule has 0 spiro atoms. The Morgan fingerprint density at radius 2 is 2.12 bits per heavy atom. The lowest BCUT2D eigenvalue weighted by molar-refractivity contribution is -0.251. The van der Waals surface area contributed by atoms with Crippen molar-refractivity contribution in [3.63, 3.8) is 0 Å². The van der Waals surface area contributed by atoms with Gasteiger partial charge in [0.05, 0.1) is 18.6 Å². The Hall–Kier alpha value is -0.610. The standard InChI is InChI=1S/C12H20O4/c1-12(7-9(8-12)11(13)14-2)16-10-5-3-4-6-15-10/h9-10H,3-8H2,1-2H3/t9-,10?,12-. The molecule has 1 aliphatic carbocycles. The minimum atomic E-state index is -0.194. The fourth-order valence-electron chi connectivity index (χ4n) is 2.53. The molecule has 0 aromatic carbocycles. The first kappa shape index (κ1) is 11.9. The number of hydrogen-bond acceptors (Lipinski definition) is 4. The van der Waals surface area contributed by atoms with Gasteiger partial charge in [-0.2, -0.15) is 0 Å². The van der Waals surface area contributed by atoms with Crippen LogP contribution in [0.4, 0.5) is 0 Å². The Bertz CT molecular complexity index is 252. The molecule has 1 saturated carbocycles. The van der Waals surface area contributed by atoms with Crippen molar-refractivity contribution in [3.05, 3.63) is 0 Å². The Balaban J connectivity index is 1.76. The Kier molecular flexibility index (Phi) is 3.50. The minimum Gasteiger partial charge on any atom is -0.469 e. The number of carbonyl (C=O) groups excluding carboxylic acids is 1. The van der Waals surface area contributed by atoms with E-state index in [2.05, 4.69) is 0 Å². The fraction of sp³-hybridized carbons (Fsp3) is 0.917. The summed E-state index contributed by atoms with van der Waals surface area (Å²) in [7, 11) is 1.43. The van der Waals surface area contributed by atoms with E-state index in [9.17, 15) is 4.79 Å². The zero-order valence-electron chi connectivity index (χ0n) is 10.0. The van der Waals surface area contributed by atoms with Gasteiger partial charge in [-0.1, -0.05) is 0 Å². The van der Waals surface area contributed by atoms with Crippen LogP contribution in [0, 0.1) is 5.92 Å². The van der Waals surface area contributed by atoms with E-state index in [0.29, 0.717) is 0 Å². The van der Waals surface area contributed by atoms with Crippen molar-refractivity contribution in [3.8, 4) is 0 Å². The molecule has 1 saturated heterocycles. The van der Waals surface area contributed by atoms with Crippen LogP contribution in [0.5, 0.6) is 0 Å². The van der Waals surface area contributed by atoms with Crippen LogP contribution in [0.3, 0.4) is 0 Å². The summed E-state index contributed by atoms with van der Waals surface area (Å²) in [5.41, 5.74) is -0.194. The zero-order chi connectivity index (χ0) is 11.6. The van der Waals surface area contributed by atoms with Crippen molar-refractivity contribution in [1.82, 2.24) is 0 Å². The molecule has 2 fully saturated rings. The van der Waals surface area contributed by atoms with Gasteiger partial charge in [-0.05, 0) is 39.0 Å². The summed E-state index contributed by atoms with van der Waals surface area (Å²) in [6.07, 6.45) is 4.69. The van der Waals surface area contributed by atoms with Crippen molar-refractivity contribution < 1.29 is 19.0 Å². The van der Waals surface area contributed by atoms with Crippen LogP contribution >= 0.6 is 0 Å². The summed E-state index contributed by atoms with van der Waals surface area (Å²) in [6.45, 7) is 2.84. The molecule has 2 aliphatic rings. The average Bonchev–Trinajstić information content (AvgIpc) is 2.26. The predicted octanol–water partition coefficient (Wildman–Crippen LogP) is 1.87. The molecule has 0 radical (unpaired) electrons. The summed E-state index contributed by atoms with van der Waals surface area (Å²) >= 11 is 0. The van der Waals surface area contributed by atoms with E-state index in [1.165, 1.54) is 13.5 Å². The summed E-state index contributed by atoms with van der Waals surface area (Å²) in [6, 6.07) is 0. The first-order chi connectivity index (χ1) is 7.63. The third-order valence-corrected chi connectivity index (χ3v) is 3.44. The third-order valence-electron chi connectivity index (χ3n) is 3.44. The fourth-order valence-corrected chi connectivity index (χ4v) is 2.53. The highest BCUT2D eigenvalue weighted by Gasteiger charge is 2.47. The van der Waals surface area contributed by atoms with Gasteiger partial charge in [0.1, 0.15) is 0 Å². The highest BCUT2D eigenvalue weighted by molar-refractivity contribution is 5.73. The molecule has 4 heteroatoms. The lowest BCUT2D eigenvalue weighted by Gasteiger charge is -2.45. The summed E-state index contributed by atoms with van der Waals surface area (Å²) < 4.78 is 16.2. The first-order valence-corrected chi connectivity index (χ1v) is 6.00. The van der Waals surface area contributed by atoms with Gasteiger partial charge < -0.3 is 14.2 Å². The molecule has 0 amide bonds. The van der Waals surface area contributed by atoms with Crippen LogP contribution in [0.2, 0.25) is 0 Å². The van der Waals surface area contributed by atoms with Crippen molar-refractivity contribution in [2.45, 2.75) is 50.9 Å². The lowest BCUT2D eigenvalue weighted by Crippen LogP contribution is -2.49. The van der Waals surface area contributed by atoms with Gasteiger partial charge >= 0.3 is 5.97 Å². The second kappa shape index (κ2) is 4.72. The highest BCUT2D eigenvalue weighted by Crippen LogP contribution is 2.42. The highest BCUT2D eigenvalue weighted by atomic mass is 16.7. The maximum absolute atomic E-state index is 11.3. The van der Waals surface area contributed by atoms with Gasteiger partial charge in [-0.3, -0.25) is 4.79 Å². The SMILES string of the molecule is COC(=O)[C@H]1C[C@](C)(OC2CCCCO2)C1. The van der Waals surface area contributed by atoms with E-state index in [4.69, 9.17) is 14.2 Å². The number of esters is 1. The molecule has 1 heterocycles. The maximum Gasteiger partial charge on any atom is 0.308 e. The predicted molar refractivity (Wildman–Crippen MR) is 57.8 cm³/mol. The molecule has 0 aromatic rings. The number of methoxy groups -OCH3 is 1. The van der Waals surface area contributed by atoms with Crippen LogP contribution < -0.4 is 0 Å². The number of ether oxygens (including phenoxy) is 3. The van der Waals surface area contributed by atoms with Gasteiger partial charge in [-0.15, -0.1) is 0 Å². The van der Waals surface area contributed by atoms with Gasteiger partial charge in [0, 0.05) is 6.61 Å². The van der Waals surface area contributed by atoms with Crippen LogP contribution in [-0.4, -0.2) is 31.6 Å². The van der Waals surface area contributed by atoms with Gasteiger partial charge in [-0.25, -0.2) is 0 Å². The number of hydrogen-bond donors (Lipinski definition) is 0. The van der Waals surface area contributed by atoms with E-state index in [1.807, 2.05) is 6.92 Å². The van der Waals surface area contributed by atoms with E-state index in [-0.39, 0.29) is 23.8 Å². The molecule has 2 rings (SSSR count). The van der Waals surface area contributed by atoms with Crippen molar-refractivity contribution in [1.29, 1.82) is 0 Å². The zero-order valence-corrected chi connectivity index (χ0v) is 10.0. The molecule has 92 valence electrons. The molecular weight excluding hydrogens is 208 g/mol. The van der Waals surface area contributed by atoms with E-state index < -0.39 is 0 Å². The molecule has 0 aromatic heterocycles. The molecule has 1 unspecified atom stereocenters. The second-order valence-electron chi connectivity index (χ2n) is 4.99. The van der Waals surface area contributed by atoms with E-state index in [0.717, 1.165) is 32.3 Å². The van der Waals surface area contributed by atoms with Crippen LogP contribution in [0.15, 0.2) is 0 Å². The Labute approximate surface area is 96.2 Å². The van der Waals surface area contributed by atoms with Gasteiger partial charge in [0.25, 0.3) is 0 Å². The van der Waals surface area contributed by atoms with Crippen LogP contribution in [0.1, 0.15) is 39.0 Å². The summed E-state index contributed by atoms with van der Waals surface area (Å²) in [4.78, 5) is 11.3. The lowest BCUT2D eigenvalue weighted by atomic mass is 9.72. The molecular formula is C12H20O4. The molecule has 4 nitrogen and oxygen atoms in total. The second-order valence-corrected chi connectivity index (χ2v) is 4.99. The van der Waals surface area contributed by atoms with Gasteiger partial charge in [0.2, 0.25) is 0 Å². The molecule has 16 heavy (non-hydrogen) atoms. The summed E-state index contributed by atoms with van der Waals surface area (Å²) in [5.74, 6) is -0.107. The normalized spacial score (nSPS) is 38.9.